The van der Waals surface area contributed by atoms with Gasteiger partial charge >= 0.3 is 5.97 Å². The van der Waals surface area contributed by atoms with Crippen LogP contribution in [0.5, 0.6) is 0 Å². The third-order valence-corrected chi connectivity index (χ3v) is 9.78. The average molecular weight is 692 g/mol. The molecule has 1 unspecified atom stereocenters. The van der Waals surface area contributed by atoms with Crippen LogP contribution in [0.3, 0.4) is 0 Å². The monoisotopic (exact) mass is 692 g/mol. The lowest BCUT2D eigenvalue weighted by atomic mass is 9.96. The number of carboxylic acids is 1. The number of amides is 1. The van der Waals surface area contributed by atoms with Crippen LogP contribution >= 0.6 is 0 Å². The first-order valence-corrected chi connectivity index (χ1v) is 20.3. The van der Waals surface area contributed by atoms with Gasteiger partial charge in [0.05, 0.1) is 12.5 Å². The van der Waals surface area contributed by atoms with Crippen molar-refractivity contribution < 1.29 is 24.2 Å². The first-order chi connectivity index (χ1) is 24.5. The van der Waals surface area contributed by atoms with Crippen molar-refractivity contribution in [3.8, 4) is 0 Å². The summed E-state index contributed by atoms with van der Waals surface area (Å²) >= 11 is 0. The number of hydrogen-bond donors (Lipinski definition) is 2. The van der Waals surface area contributed by atoms with E-state index < -0.39 is 11.9 Å². The Balaban J connectivity index is 1.37. The van der Waals surface area contributed by atoms with Gasteiger partial charge in [0.25, 0.3) is 0 Å². The van der Waals surface area contributed by atoms with E-state index in [1.165, 1.54) is 103 Å². The number of rotatable bonds is 33. The Morgan fingerprint density at radius 2 is 1.12 bits per heavy atom. The maximum atomic E-state index is 12.9. The number of ketones is 1. The van der Waals surface area contributed by atoms with Gasteiger partial charge in [-0.1, -0.05) is 190 Å². The Labute approximate surface area is 304 Å². The van der Waals surface area contributed by atoms with Crippen molar-refractivity contribution in [2.24, 2.45) is 5.92 Å². The lowest BCUT2D eigenvalue weighted by Crippen LogP contribution is -2.29. The van der Waals surface area contributed by atoms with Gasteiger partial charge in [0.2, 0.25) is 5.91 Å². The molecule has 1 atom stereocenters. The molecule has 280 valence electrons. The zero-order valence-corrected chi connectivity index (χ0v) is 31.4. The van der Waals surface area contributed by atoms with Crippen LogP contribution in [0.2, 0.25) is 0 Å². The summed E-state index contributed by atoms with van der Waals surface area (Å²) < 4.78 is 5.92. The molecule has 2 rings (SSSR count). The molecular weight excluding hydrogens is 622 g/mol. The Morgan fingerprint density at radius 1 is 0.620 bits per heavy atom. The molecule has 0 spiro atoms. The molecule has 6 heteroatoms. The molecule has 1 amide bonds. The largest absolute Gasteiger partial charge is 0.481 e. The normalized spacial score (nSPS) is 11.8. The smallest absolute Gasteiger partial charge is 0.307 e. The number of ether oxygens (including phenoxy) is 1. The quantitative estimate of drug-likeness (QED) is 0.0574. The van der Waals surface area contributed by atoms with Crippen molar-refractivity contribution in [1.29, 1.82) is 0 Å². The second-order valence-electron chi connectivity index (χ2n) is 14.2. The highest BCUT2D eigenvalue weighted by molar-refractivity contribution is 6.09. The summed E-state index contributed by atoms with van der Waals surface area (Å²) in [6.45, 7) is 4.06. The van der Waals surface area contributed by atoms with Gasteiger partial charge in [-0.2, -0.15) is 0 Å². The van der Waals surface area contributed by atoms with Crippen LogP contribution in [0.25, 0.3) is 0 Å². The first kappa shape index (κ1) is 43.2. The second-order valence-corrected chi connectivity index (χ2v) is 14.2. The van der Waals surface area contributed by atoms with E-state index in [1.54, 1.807) is 0 Å². The Kier molecular flexibility index (Phi) is 25.7. The fourth-order valence-corrected chi connectivity index (χ4v) is 6.61. The maximum absolute atomic E-state index is 12.9. The number of carboxylic acid groups (broad SMARTS) is 1. The molecular formula is C44H69NO5. The van der Waals surface area contributed by atoms with Crippen LogP contribution in [-0.2, 0) is 20.9 Å². The summed E-state index contributed by atoms with van der Waals surface area (Å²) in [6.07, 6.45) is 27.4. The molecule has 6 nitrogen and oxygen atoms in total. The van der Waals surface area contributed by atoms with Gasteiger partial charge in [-0.15, -0.1) is 0 Å². The standard InChI is InChI=1S/C44H69NO5/c1-2-3-4-5-6-7-8-9-12-15-18-22-31-39(44(48)49)36-42(46)45-34-27-19-16-13-10-11-14-17-20-28-35-50-37-40-32-25-26-33-41(40)43(47)38-29-23-21-24-30-38/h21,23-26,29-30,32-33,39H,2-20,22,27-28,31,34-37H2,1H3,(H,45,46)(H,48,49). The zero-order chi connectivity index (χ0) is 35.9. The van der Waals surface area contributed by atoms with Crippen molar-refractivity contribution in [2.75, 3.05) is 13.2 Å². The highest BCUT2D eigenvalue weighted by Crippen LogP contribution is 2.18. The van der Waals surface area contributed by atoms with Gasteiger partial charge in [-0.05, 0) is 24.8 Å². The number of carbonyl (C=O) groups excluding carboxylic acids is 2. The Morgan fingerprint density at radius 3 is 1.70 bits per heavy atom. The van der Waals surface area contributed by atoms with Gasteiger partial charge in [-0.25, -0.2) is 0 Å². The molecule has 0 aromatic heterocycles. The molecule has 2 aromatic rings. The van der Waals surface area contributed by atoms with Crippen molar-refractivity contribution in [3.63, 3.8) is 0 Å². The topological polar surface area (TPSA) is 92.7 Å². The second kappa shape index (κ2) is 29.7. The van der Waals surface area contributed by atoms with E-state index in [0.717, 1.165) is 44.1 Å². The molecule has 0 fully saturated rings. The van der Waals surface area contributed by atoms with E-state index in [1.807, 2.05) is 54.6 Å². The van der Waals surface area contributed by atoms with Gasteiger partial charge in [0.15, 0.2) is 5.78 Å². The molecule has 0 saturated heterocycles. The third-order valence-electron chi connectivity index (χ3n) is 9.78. The van der Waals surface area contributed by atoms with Gasteiger partial charge < -0.3 is 15.2 Å². The molecule has 2 aromatic carbocycles. The minimum Gasteiger partial charge on any atom is -0.481 e. The fraction of sp³-hybridized carbons (Fsp3) is 0.659. The summed E-state index contributed by atoms with van der Waals surface area (Å²) in [5, 5.41) is 12.5. The molecule has 0 saturated carbocycles. The summed E-state index contributed by atoms with van der Waals surface area (Å²) in [4.78, 5) is 36.9. The minimum atomic E-state index is -0.841. The van der Waals surface area contributed by atoms with Gasteiger partial charge in [-0.3, -0.25) is 14.4 Å². The van der Waals surface area contributed by atoms with Gasteiger partial charge in [0.1, 0.15) is 0 Å². The van der Waals surface area contributed by atoms with Crippen LogP contribution < -0.4 is 5.32 Å². The lowest BCUT2D eigenvalue weighted by molar-refractivity contribution is -0.144. The van der Waals surface area contributed by atoms with Crippen molar-refractivity contribution >= 4 is 17.7 Å². The predicted octanol–water partition coefficient (Wildman–Crippen LogP) is 11.6. The van der Waals surface area contributed by atoms with Crippen molar-refractivity contribution in [2.45, 2.75) is 168 Å². The fourth-order valence-electron chi connectivity index (χ4n) is 6.61. The van der Waals surface area contributed by atoms with E-state index in [9.17, 15) is 19.5 Å². The van der Waals surface area contributed by atoms with E-state index >= 15 is 0 Å². The molecule has 0 aliphatic heterocycles. The number of unbranched alkanes of at least 4 members (excludes halogenated alkanes) is 20. The number of benzene rings is 2. The Bertz CT molecular complexity index is 1150. The average Bonchev–Trinajstić information content (AvgIpc) is 3.13. The minimum absolute atomic E-state index is 0.0396. The zero-order valence-electron chi connectivity index (χ0n) is 31.4. The Hall–Kier alpha value is -2.99. The number of aliphatic carboxylic acids is 1. The van der Waals surface area contributed by atoms with E-state index in [0.29, 0.717) is 37.3 Å². The van der Waals surface area contributed by atoms with Crippen LogP contribution in [0.4, 0.5) is 0 Å². The molecule has 0 heterocycles. The summed E-state index contributed by atoms with van der Waals surface area (Å²) in [6, 6.07) is 17.1. The highest BCUT2D eigenvalue weighted by atomic mass is 16.5. The molecule has 2 N–H and O–H groups in total. The third kappa shape index (κ3) is 21.3. The lowest BCUT2D eigenvalue weighted by Gasteiger charge is -2.12. The summed E-state index contributed by atoms with van der Waals surface area (Å²) in [5.41, 5.74) is 2.36. The maximum Gasteiger partial charge on any atom is 0.307 e. The summed E-state index contributed by atoms with van der Waals surface area (Å²) in [7, 11) is 0. The SMILES string of the molecule is CCCCCCCCCCCCCCC(CC(=O)NCCCCCCCCCCCCOCc1ccccc1C(=O)c1ccccc1)C(=O)O. The predicted molar refractivity (Wildman–Crippen MR) is 207 cm³/mol. The molecule has 50 heavy (non-hydrogen) atoms. The van der Waals surface area contributed by atoms with E-state index in [2.05, 4.69) is 12.2 Å². The first-order valence-electron chi connectivity index (χ1n) is 20.3. The van der Waals surface area contributed by atoms with Gasteiger partial charge in [0, 0.05) is 30.7 Å². The molecule has 0 aliphatic carbocycles. The molecule has 0 bridgehead atoms. The summed E-state index contributed by atoms with van der Waals surface area (Å²) in [5.74, 6) is -1.49. The number of carbonyl (C=O) groups is 3. The molecule has 0 radical (unpaired) electrons. The van der Waals surface area contributed by atoms with Crippen molar-refractivity contribution in [1.82, 2.24) is 5.32 Å². The van der Waals surface area contributed by atoms with Crippen molar-refractivity contribution in [3.05, 3.63) is 71.3 Å². The van der Waals surface area contributed by atoms with Crippen LogP contribution in [0.15, 0.2) is 54.6 Å². The van der Waals surface area contributed by atoms with Crippen LogP contribution in [0.1, 0.15) is 183 Å². The van der Waals surface area contributed by atoms with E-state index in [4.69, 9.17) is 4.74 Å². The number of nitrogens with one attached hydrogen (secondary N) is 1. The number of hydrogen-bond acceptors (Lipinski definition) is 4. The van der Waals surface area contributed by atoms with Crippen LogP contribution in [0, 0.1) is 5.92 Å². The molecule has 0 aliphatic rings. The van der Waals surface area contributed by atoms with E-state index in [-0.39, 0.29) is 18.1 Å². The van der Waals surface area contributed by atoms with Crippen LogP contribution in [-0.4, -0.2) is 35.9 Å². The highest BCUT2D eigenvalue weighted by Gasteiger charge is 2.20.